The third-order valence-corrected chi connectivity index (χ3v) is 4.36. The number of rotatable bonds is 4. The van der Waals surface area contributed by atoms with Crippen molar-refractivity contribution in [1.29, 1.82) is 0 Å². The van der Waals surface area contributed by atoms with Gasteiger partial charge in [0.2, 0.25) is 5.91 Å². The highest BCUT2D eigenvalue weighted by Crippen LogP contribution is 2.31. The first-order valence-electron chi connectivity index (χ1n) is 7.21. The fourth-order valence-electron chi connectivity index (χ4n) is 3.36. The fourth-order valence-corrected chi connectivity index (χ4v) is 3.36. The topological polar surface area (TPSA) is 41.6 Å². The molecule has 2 aliphatic rings. The van der Waals surface area contributed by atoms with Crippen LogP contribution < -0.4 is 5.32 Å². The summed E-state index contributed by atoms with van der Waals surface area (Å²) >= 11 is 0. The average molecular weight is 254 g/mol. The molecular weight excluding hydrogens is 228 g/mol. The summed E-state index contributed by atoms with van der Waals surface area (Å²) in [5.41, 5.74) is 0. The van der Waals surface area contributed by atoms with Crippen molar-refractivity contribution in [3.63, 3.8) is 0 Å². The largest absolute Gasteiger partial charge is 0.379 e. The Morgan fingerprint density at radius 3 is 2.72 bits per heavy atom. The molecule has 4 atom stereocenters. The van der Waals surface area contributed by atoms with Crippen LogP contribution in [-0.4, -0.2) is 42.3 Å². The first-order valence-corrected chi connectivity index (χ1v) is 7.21. The van der Waals surface area contributed by atoms with Crippen LogP contribution in [0.1, 0.15) is 46.5 Å². The third-order valence-electron chi connectivity index (χ3n) is 4.36. The van der Waals surface area contributed by atoms with Crippen molar-refractivity contribution in [3.8, 4) is 0 Å². The molecule has 2 rings (SSSR count). The van der Waals surface area contributed by atoms with Crippen molar-refractivity contribution in [2.45, 2.75) is 70.8 Å². The molecule has 0 aromatic carbocycles. The predicted octanol–water partition coefficient (Wildman–Crippen LogP) is 1.75. The van der Waals surface area contributed by atoms with Gasteiger partial charge in [0.05, 0.1) is 24.4 Å². The van der Waals surface area contributed by atoms with Gasteiger partial charge in [-0.2, -0.15) is 0 Å². The van der Waals surface area contributed by atoms with Crippen molar-refractivity contribution in [2.75, 3.05) is 7.11 Å². The van der Waals surface area contributed by atoms with E-state index in [0.29, 0.717) is 5.92 Å². The number of nitrogens with zero attached hydrogens (tertiary/aromatic N) is 1. The maximum atomic E-state index is 12.6. The fraction of sp³-hybridized carbons (Fsp3) is 0.929. The van der Waals surface area contributed by atoms with Crippen LogP contribution in [0.2, 0.25) is 0 Å². The average Bonchev–Trinajstić information content (AvgIpc) is 2.91. The second kappa shape index (κ2) is 5.57. The van der Waals surface area contributed by atoms with E-state index in [2.05, 4.69) is 31.0 Å². The summed E-state index contributed by atoms with van der Waals surface area (Å²) < 4.78 is 5.55. The summed E-state index contributed by atoms with van der Waals surface area (Å²) in [6.45, 7) is 6.35. The van der Waals surface area contributed by atoms with E-state index < -0.39 is 0 Å². The van der Waals surface area contributed by atoms with E-state index in [1.165, 1.54) is 0 Å². The molecule has 2 fully saturated rings. The number of amides is 1. The quantitative estimate of drug-likeness (QED) is 0.831. The molecule has 1 saturated carbocycles. The van der Waals surface area contributed by atoms with Crippen LogP contribution in [0.4, 0.5) is 0 Å². The van der Waals surface area contributed by atoms with E-state index in [1.54, 1.807) is 7.11 Å². The minimum Gasteiger partial charge on any atom is -0.379 e. The number of methoxy groups -OCH3 is 1. The Kier molecular flexibility index (Phi) is 4.28. The van der Waals surface area contributed by atoms with Crippen LogP contribution in [0.3, 0.4) is 0 Å². The SMILES string of the molecule is CCC1NC(C(C)C)C(=O)N1C1CCCC1OC. The van der Waals surface area contributed by atoms with Crippen LogP contribution in [-0.2, 0) is 9.53 Å². The molecule has 0 aromatic heterocycles. The lowest BCUT2D eigenvalue weighted by atomic mass is 10.0. The van der Waals surface area contributed by atoms with E-state index in [0.717, 1.165) is 25.7 Å². The Morgan fingerprint density at radius 1 is 1.44 bits per heavy atom. The molecule has 0 bridgehead atoms. The molecule has 1 N–H and O–H groups in total. The van der Waals surface area contributed by atoms with Crippen LogP contribution in [0, 0.1) is 5.92 Å². The van der Waals surface area contributed by atoms with Gasteiger partial charge in [-0.1, -0.05) is 20.8 Å². The second-order valence-corrected chi connectivity index (χ2v) is 5.83. The number of ether oxygens (including phenoxy) is 1. The van der Waals surface area contributed by atoms with Crippen molar-refractivity contribution < 1.29 is 9.53 Å². The third kappa shape index (κ3) is 2.28. The minimum atomic E-state index is -0.0203. The first kappa shape index (κ1) is 13.8. The molecule has 0 aromatic rings. The van der Waals surface area contributed by atoms with Gasteiger partial charge in [0.15, 0.2) is 0 Å². The van der Waals surface area contributed by atoms with E-state index >= 15 is 0 Å². The lowest BCUT2D eigenvalue weighted by Crippen LogP contribution is -2.48. The summed E-state index contributed by atoms with van der Waals surface area (Å²) in [5, 5.41) is 3.48. The normalized spacial score (nSPS) is 36.9. The Bertz CT molecular complexity index is 306. The summed E-state index contributed by atoms with van der Waals surface area (Å²) in [6.07, 6.45) is 4.68. The lowest BCUT2D eigenvalue weighted by molar-refractivity contribution is -0.135. The molecule has 4 unspecified atom stereocenters. The molecule has 0 radical (unpaired) electrons. The zero-order chi connectivity index (χ0) is 13.3. The molecule has 1 heterocycles. The van der Waals surface area contributed by atoms with Crippen molar-refractivity contribution >= 4 is 5.91 Å². The predicted molar refractivity (Wildman–Crippen MR) is 71.1 cm³/mol. The van der Waals surface area contributed by atoms with Crippen LogP contribution in [0.5, 0.6) is 0 Å². The van der Waals surface area contributed by atoms with Gasteiger partial charge < -0.3 is 9.64 Å². The summed E-state index contributed by atoms with van der Waals surface area (Å²) in [6, 6.07) is 0.247. The van der Waals surface area contributed by atoms with Gasteiger partial charge in [-0.15, -0.1) is 0 Å². The molecule has 104 valence electrons. The van der Waals surface area contributed by atoms with Crippen molar-refractivity contribution in [3.05, 3.63) is 0 Å². The molecule has 4 nitrogen and oxygen atoms in total. The van der Waals surface area contributed by atoms with Gasteiger partial charge in [0, 0.05) is 7.11 Å². The minimum absolute atomic E-state index is 0.0203. The highest BCUT2D eigenvalue weighted by atomic mass is 16.5. The smallest absolute Gasteiger partial charge is 0.241 e. The molecule has 4 heteroatoms. The van der Waals surface area contributed by atoms with Gasteiger partial charge in [-0.3, -0.25) is 10.1 Å². The molecule has 1 saturated heterocycles. The van der Waals surface area contributed by atoms with Crippen LogP contribution >= 0.6 is 0 Å². The van der Waals surface area contributed by atoms with Gasteiger partial charge in [0.1, 0.15) is 0 Å². The Morgan fingerprint density at radius 2 is 2.17 bits per heavy atom. The second-order valence-electron chi connectivity index (χ2n) is 5.83. The number of carbonyl (C=O) groups is 1. The maximum absolute atomic E-state index is 12.6. The molecule has 1 amide bonds. The highest BCUT2D eigenvalue weighted by molar-refractivity contribution is 5.85. The molecule has 0 spiro atoms. The van der Waals surface area contributed by atoms with Gasteiger partial charge in [0.25, 0.3) is 0 Å². The van der Waals surface area contributed by atoms with E-state index in [-0.39, 0.29) is 30.3 Å². The first-order chi connectivity index (χ1) is 8.60. The van der Waals surface area contributed by atoms with Crippen LogP contribution in [0.25, 0.3) is 0 Å². The number of hydrogen-bond acceptors (Lipinski definition) is 3. The summed E-state index contributed by atoms with van der Waals surface area (Å²) in [4.78, 5) is 14.6. The maximum Gasteiger partial charge on any atom is 0.241 e. The van der Waals surface area contributed by atoms with E-state index in [9.17, 15) is 4.79 Å². The molecule has 1 aliphatic carbocycles. The van der Waals surface area contributed by atoms with Gasteiger partial charge in [-0.25, -0.2) is 0 Å². The molecule has 18 heavy (non-hydrogen) atoms. The summed E-state index contributed by atoms with van der Waals surface area (Å²) in [7, 11) is 1.76. The molecule has 1 aliphatic heterocycles. The van der Waals surface area contributed by atoms with Crippen molar-refractivity contribution in [1.82, 2.24) is 10.2 Å². The number of nitrogens with one attached hydrogen (secondary N) is 1. The highest BCUT2D eigenvalue weighted by Gasteiger charge is 2.46. The lowest BCUT2D eigenvalue weighted by Gasteiger charge is -2.33. The Labute approximate surface area is 110 Å². The van der Waals surface area contributed by atoms with Gasteiger partial charge >= 0.3 is 0 Å². The number of carbonyl (C=O) groups excluding carboxylic acids is 1. The monoisotopic (exact) mass is 254 g/mol. The number of hydrogen-bond donors (Lipinski definition) is 1. The van der Waals surface area contributed by atoms with Crippen LogP contribution in [0.15, 0.2) is 0 Å². The summed E-state index contributed by atoms with van der Waals surface area (Å²) in [5.74, 6) is 0.616. The standard InChI is InChI=1S/C14H26N2O2/c1-5-12-15-13(9(2)3)14(17)16(12)10-7-6-8-11(10)18-4/h9-13,15H,5-8H2,1-4H3. The zero-order valence-electron chi connectivity index (χ0n) is 12.0. The van der Waals surface area contributed by atoms with Gasteiger partial charge in [-0.05, 0) is 31.6 Å². The zero-order valence-corrected chi connectivity index (χ0v) is 12.0. The Hall–Kier alpha value is -0.610. The Balaban J connectivity index is 2.17. The van der Waals surface area contributed by atoms with Crippen molar-refractivity contribution in [2.24, 2.45) is 5.92 Å². The van der Waals surface area contributed by atoms with E-state index in [4.69, 9.17) is 4.74 Å². The molecular formula is C14H26N2O2. The van der Waals surface area contributed by atoms with E-state index in [1.807, 2.05) is 0 Å².